The number of ether oxygens (including phenoxy) is 1. The lowest BCUT2D eigenvalue weighted by molar-refractivity contribution is -0.125. The summed E-state index contributed by atoms with van der Waals surface area (Å²) < 4.78 is 5.00. The number of rotatable bonds is 9. The third kappa shape index (κ3) is 8.39. The average Bonchev–Trinajstić information content (AvgIpc) is 2.25. The van der Waals surface area contributed by atoms with E-state index in [0.717, 1.165) is 26.1 Å². The lowest BCUT2D eigenvalue weighted by atomic mass is 10.4. The summed E-state index contributed by atoms with van der Waals surface area (Å²) >= 11 is 0. The van der Waals surface area contributed by atoms with Gasteiger partial charge in [-0.1, -0.05) is 13.8 Å². The molecule has 0 aromatic heterocycles. The summed E-state index contributed by atoms with van der Waals surface area (Å²) in [7, 11) is 0. The van der Waals surface area contributed by atoms with Gasteiger partial charge in [0.2, 0.25) is 5.91 Å². The second-order valence-corrected chi connectivity index (χ2v) is 3.42. The molecule has 90 valence electrons. The van der Waals surface area contributed by atoms with E-state index in [4.69, 9.17) is 4.74 Å². The van der Waals surface area contributed by atoms with E-state index in [1.165, 1.54) is 0 Å². The zero-order valence-corrected chi connectivity index (χ0v) is 10.2. The van der Waals surface area contributed by atoms with Crippen LogP contribution in [-0.2, 0) is 9.53 Å². The van der Waals surface area contributed by atoms with Crippen LogP contribution in [0.4, 0.5) is 0 Å². The van der Waals surface area contributed by atoms with Crippen molar-refractivity contribution in [2.45, 2.75) is 27.2 Å². The van der Waals surface area contributed by atoms with Gasteiger partial charge in [-0.3, -0.25) is 4.79 Å². The van der Waals surface area contributed by atoms with Crippen molar-refractivity contribution in [2.24, 2.45) is 0 Å². The fourth-order valence-electron chi connectivity index (χ4n) is 1.34. The minimum Gasteiger partial charge on any atom is -0.372 e. The first-order valence-electron chi connectivity index (χ1n) is 5.81. The lowest BCUT2D eigenvalue weighted by Gasteiger charge is -2.19. The van der Waals surface area contributed by atoms with Crippen LogP contribution in [0.1, 0.15) is 27.2 Å². The van der Waals surface area contributed by atoms with E-state index in [-0.39, 0.29) is 12.5 Å². The molecule has 0 aliphatic rings. The third-order valence-corrected chi connectivity index (χ3v) is 2.17. The van der Waals surface area contributed by atoms with Crippen LogP contribution in [0, 0.1) is 0 Å². The molecule has 0 saturated heterocycles. The number of nitrogens with zero attached hydrogens (tertiary/aromatic N) is 1. The van der Waals surface area contributed by atoms with E-state index in [1.54, 1.807) is 0 Å². The summed E-state index contributed by atoms with van der Waals surface area (Å²) in [6, 6.07) is 0. The van der Waals surface area contributed by atoms with E-state index >= 15 is 0 Å². The lowest BCUT2D eigenvalue weighted by Crippen LogP contribution is -2.36. The van der Waals surface area contributed by atoms with Crippen molar-refractivity contribution in [3.8, 4) is 0 Å². The van der Waals surface area contributed by atoms with Crippen LogP contribution in [0.15, 0.2) is 0 Å². The van der Waals surface area contributed by atoms with E-state index in [1.807, 2.05) is 6.92 Å². The van der Waals surface area contributed by atoms with Crippen LogP contribution in [0.5, 0.6) is 0 Å². The Labute approximate surface area is 93.0 Å². The molecule has 0 aliphatic heterocycles. The van der Waals surface area contributed by atoms with Crippen molar-refractivity contribution in [1.82, 2.24) is 10.2 Å². The molecule has 1 amide bonds. The highest BCUT2D eigenvalue weighted by atomic mass is 16.5. The number of likely N-dealkylation sites (N-methyl/N-ethyl adjacent to an activating group) is 1. The molecule has 4 heteroatoms. The molecule has 0 atom stereocenters. The van der Waals surface area contributed by atoms with Crippen molar-refractivity contribution >= 4 is 5.91 Å². The molecule has 0 saturated carbocycles. The molecule has 4 nitrogen and oxygen atoms in total. The fourth-order valence-corrected chi connectivity index (χ4v) is 1.34. The topological polar surface area (TPSA) is 41.6 Å². The Hall–Kier alpha value is -0.610. The monoisotopic (exact) mass is 216 g/mol. The number of hydrogen-bond acceptors (Lipinski definition) is 3. The van der Waals surface area contributed by atoms with E-state index < -0.39 is 0 Å². The van der Waals surface area contributed by atoms with Gasteiger partial charge in [-0.25, -0.2) is 0 Å². The predicted octanol–water partition coefficient (Wildman–Crippen LogP) is 0.871. The molecule has 1 N–H and O–H groups in total. The van der Waals surface area contributed by atoms with Gasteiger partial charge in [0.25, 0.3) is 0 Å². The molecule has 0 aromatic rings. The van der Waals surface area contributed by atoms with Gasteiger partial charge in [0.05, 0.1) is 0 Å². The van der Waals surface area contributed by atoms with Crippen molar-refractivity contribution in [1.29, 1.82) is 0 Å². The molecular formula is C11H24N2O2. The Bertz CT molecular complexity index is 163. The first kappa shape index (κ1) is 14.4. The molecule has 0 fully saturated rings. The van der Waals surface area contributed by atoms with Crippen LogP contribution >= 0.6 is 0 Å². The summed E-state index contributed by atoms with van der Waals surface area (Å²) in [6.07, 6.45) is 1.15. The number of hydrogen-bond donors (Lipinski definition) is 1. The van der Waals surface area contributed by atoms with Crippen LogP contribution in [0.2, 0.25) is 0 Å². The zero-order valence-electron chi connectivity index (χ0n) is 10.2. The van der Waals surface area contributed by atoms with Gasteiger partial charge in [0.15, 0.2) is 0 Å². The molecule has 0 bridgehead atoms. The second-order valence-electron chi connectivity index (χ2n) is 3.42. The van der Waals surface area contributed by atoms with Gasteiger partial charge in [0, 0.05) is 19.7 Å². The molecule has 0 heterocycles. The molecule has 0 aliphatic carbocycles. The number of carbonyl (C=O) groups is 1. The molecule has 0 aromatic carbocycles. The van der Waals surface area contributed by atoms with Gasteiger partial charge >= 0.3 is 0 Å². The van der Waals surface area contributed by atoms with Gasteiger partial charge in [-0.2, -0.15) is 0 Å². The smallest absolute Gasteiger partial charge is 0.246 e. The highest BCUT2D eigenvalue weighted by Crippen LogP contribution is 1.88. The fraction of sp³-hybridized carbons (Fsp3) is 0.909. The average molecular weight is 216 g/mol. The summed E-state index contributed by atoms with van der Waals surface area (Å²) in [5.74, 6) is -0.0237. The molecule has 0 radical (unpaired) electrons. The van der Waals surface area contributed by atoms with Crippen LogP contribution in [0.25, 0.3) is 0 Å². The normalized spacial score (nSPS) is 10.7. The van der Waals surface area contributed by atoms with Gasteiger partial charge in [0.1, 0.15) is 6.61 Å². The van der Waals surface area contributed by atoms with Crippen molar-refractivity contribution in [2.75, 3.05) is 39.4 Å². The first-order valence-corrected chi connectivity index (χ1v) is 5.81. The maximum Gasteiger partial charge on any atom is 0.246 e. The van der Waals surface area contributed by atoms with Gasteiger partial charge in [-0.05, 0) is 26.4 Å². The Morgan fingerprint density at radius 2 is 2.00 bits per heavy atom. The summed E-state index contributed by atoms with van der Waals surface area (Å²) in [5, 5.41) is 2.84. The predicted molar refractivity (Wildman–Crippen MR) is 61.9 cm³/mol. The van der Waals surface area contributed by atoms with E-state index in [2.05, 4.69) is 24.1 Å². The summed E-state index contributed by atoms with van der Waals surface area (Å²) in [4.78, 5) is 13.5. The molecule has 15 heavy (non-hydrogen) atoms. The minimum atomic E-state index is -0.0237. The molecule has 0 spiro atoms. The SMILES string of the molecule is CCCN(CC)CCNC(=O)COCC. The summed E-state index contributed by atoms with van der Waals surface area (Å²) in [5.41, 5.74) is 0. The maximum atomic E-state index is 11.2. The Morgan fingerprint density at radius 1 is 1.27 bits per heavy atom. The molecule has 0 rings (SSSR count). The Kier molecular flexibility index (Phi) is 9.52. The largest absolute Gasteiger partial charge is 0.372 e. The van der Waals surface area contributed by atoms with Crippen molar-refractivity contribution in [3.05, 3.63) is 0 Å². The van der Waals surface area contributed by atoms with Crippen molar-refractivity contribution in [3.63, 3.8) is 0 Å². The number of carbonyl (C=O) groups excluding carboxylic acids is 1. The first-order chi connectivity index (χ1) is 7.24. The Balaban J connectivity index is 3.45. The number of nitrogens with one attached hydrogen (secondary N) is 1. The third-order valence-electron chi connectivity index (χ3n) is 2.17. The van der Waals surface area contributed by atoms with Gasteiger partial charge < -0.3 is 15.0 Å². The highest BCUT2D eigenvalue weighted by molar-refractivity contribution is 5.77. The van der Waals surface area contributed by atoms with E-state index in [9.17, 15) is 4.79 Å². The van der Waals surface area contributed by atoms with Crippen LogP contribution < -0.4 is 5.32 Å². The second kappa shape index (κ2) is 9.93. The Morgan fingerprint density at radius 3 is 2.53 bits per heavy atom. The van der Waals surface area contributed by atoms with Crippen LogP contribution in [0.3, 0.4) is 0 Å². The minimum absolute atomic E-state index is 0.0237. The molecule has 0 unspecified atom stereocenters. The number of amides is 1. The van der Waals surface area contributed by atoms with E-state index in [0.29, 0.717) is 13.2 Å². The molecular weight excluding hydrogens is 192 g/mol. The quantitative estimate of drug-likeness (QED) is 0.622. The standard InChI is InChI=1S/C11H24N2O2/c1-4-8-13(5-2)9-7-12-11(14)10-15-6-3/h4-10H2,1-3H3,(H,12,14). The van der Waals surface area contributed by atoms with Gasteiger partial charge in [-0.15, -0.1) is 0 Å². The zero-order chi connectivity index (χ0) is 11.5. The van der Waals surface area contributed by atoms with Crippen LogP contribution in [-0.4, -0.2) is 50.2 Å². The highest BCUT2D eigenvalue weighted by Gasteiger charge is 2.02. The van der Waals surface area contributed by atoms with Crippen molar-refractivity contribution < 1.29 is 9.53 Å². The maximum absolute atomic E-state index is 11.2. The summed E-state index contributed by atoms with van der Waals surface area (Å²) in [6.45, 7) is 10.7.